The topological polar surface area (TPSA) is 46.4 Å². The van der Waals surface area contributed by atoms with Crippen LogP contribution in [0.3, 0.4) is 0 Å². The van der Waals surface area contributed by atoms with Crippen LogP contribution in [0.15, 0.2) is 73.1 Å². The molecule has 0 saturated heterocycles. The van der Waals surface area contributed by atoms with Crippen LogP contribution in [0.2, 0.25) is 0 Å². The zero-order chi connectivity index (χ0) is 21.3. The Morgan fingerprint density at radius 2 is 1.90 bits per heavy atom. The molecule has 0 bridgehead atoms. The van der Waals surface area contributed by atoms with Crippen LogP contribution in [-0.4, -0.2) is 15.3 Å². The highest BCUT2D eigenvalue weighted by molar-refractivity contribution is 5.93. The van der Waals surface area contributed by atoms with Gasteiger partial charge in [0, 0.05) is 23.6 Å². The first-order valence-electron chi connectivity index (χ1n) is 9.30. The zero-order valence-electron chi connectivity index (χ0n) is 16.1. The molecule has 0 saturated carbocycles. The zero-order valence-corrected chi connectivity index (χ0v) is 16.1. The summed E-state index contributed by atoms with van der Waals surface area (Å²) in [6, 6.07) is 16.1. The van der Waals surface area contributed by atoms with Gasteiger partial charge >= 0.3 is 6.18 Å². The summed E-state index contributed by atoms with van der Waals surface area (Å²) in [5.41, 5.74) is 3.38. The smallest absolute Gasteiger partial charge is 0.326 e. The Balaban J connectivity index is 1.54. The van der Waals surface area contributed by atoms with Gasteiger partial charge in [0.1, 0.15) is 5.65 Å². The molecule has 152 valence electrons. The van der Waals surface area contributed by atoms with Crippen LogP contribution in [0.5, 0.6) is 0 Å². The third-order valence-corrected chi connectivity index (χ3v) is 4.79. The number of pyridine rings is 1. The highest BCUT2D eigenvalue weighted by Crippen LogP contribution is 2.30. The molecule has 0 fully saturated rings. The number of hydrogen-bond donors (Lipinski definition) is 1. The Kier molecular flexibility index (Phi) is 5.03. The van der Waals surface area contributed by atoms with Crippen LogP contribution in [-0.2, 0) is 17.4 Å². The second-order valence-electron chi connectivity index (χ2n) is 7.05. The van der Waals surface area contributed by atoms with E-state index < -0.39 is 11.7 Å². The van der Waals surface area contributed by atoms with Crippen molar-refractivity contribution in [2.24, 2.45) is 0 Å². The average Bonchev–Trinajstić information content (AvgIpc) is 3.13. The highest BCUT2D eigenvalue weighted by Gasteiger charge is 2.30. The second-order valence-corrected chi connectivity index (χ2v) is 7.05. The number of alkyl halides is 3. The van der Waals surface area contributed by atoms with Crippen LogP contribution in [0, 0.1) is 6.92 Å². The Labute approximate surface area is 171 Å². The van der Waals surface area contributed by atoms with Crippen LogP contribution in [0.4, 0.5) is 18.9 Å². The van der Waals surface area contributed by atoms with Crippen molar-refractivity contribution in [3.8, 4) is 11.3 Å². The first kappa shape index (κ1) is 19.7. The Bertz CT molecular complexity index is 1190. The van der Waals surface area contributed by atoms with Gasteiger partial charge in [0.2, 0.25) is 5.91 Å². The fraction of sp³-hybridized carbons (Fsp3) is 0.130. The van der Waals surface area contributed by atoms with Crippen LogP contribution >= 0.6 is 0 Å². The molecule has 1 N–H and O–H groups in total. The van der Waals surface area contributed by atoms with E-state index in [2.05, 4.69) is 10.3 Å². The van der Waals surface area contributed by atoms with E-state index in [1.165, 1.54) is 12.1 Å². The quantitative estimate of drug-likeness (QED) is 0.483. The number of nitrogens with one attached hydrogen (secondary N) is 1. The van der Waals surface area contributed by atoms with Gasteiger partial charge in [0.15, 0.2) is 0 Å². The Morgan fingerprint density at radius 1 is 1.07 bits per heavy atom. The number of anilines is 1. The molecule has 0 aliphatic heterocycles. The van der Waals surface area contributed by atoms with Gasteiger partial charge < -0.3 is 9.72 Å². The van der Waals surface area contributed by atoms with E-state index in [1.807, 2.05) is 60.1 Å². The number of hydrogen-bond acceptors (Lipinski definition) is 2. The number of aromatic nitrogens is 2. The van der Waals surface area contributed by atoms with Gasteiger partial charge in [-0.3, -0.25) is 4.79 Å². The number of amides is 1. The van der Waals surface area contributed by atoms with Crippen molar-refractivity contribution in [1.82, 2.24) is 9.38 Å². The van der Waals surface area contributed by atoms with Gasteiger partial charge in [-0.2, -0.15) is 13.2 Å². The maximum atomic E-state index is 12.9. The number of imidazole rings is 1. The summed E-state index contributed by atoms with van der Waals surface area (Å²) in [4.78, 5) is 17.0. The summed E-state index contributed by atoms with van der Waals surface area (Å²) in [5, 5.41) is 2.81. The summed E-state index contributed by atoms with van der Waals surface area (Å²) in [6.07, 6.45) is -0.792. The van der Waals surface area contributed by atoms with Gasteiger partial charge in [0.25, 0.3) is 0 Å². The van der Waals surface area contributed by atoms with E-state index in [0.717, 1.165) is 34.6 Å². The molecule has 30 heavy (non-hydrogen) atoms. The molecule has 0 atom stereocenters. The van der Waals surface area contributed by atoms with Crippen molar-refractivity contribution >= 4 is 17.2 Å². The lowest BCUT2D eigenvalue weighted by atomic mass is 10.1. The fourth-order valence-corrected chi connectivity index (χ4v) is 3.23. The molecule has 7 heteroatoms. The number of rotatable bonds is 4. The van der Waals surface area contributed by atoms with Crippen molar-refractivity contribution in [3.63, 3.8) is 0 Å². The number of halogens is 3. The summed E-state index contributed by atoms with van der Waals surface area (Å²) in [5.74, 6) is -0.385. The molecule has 2 aromatic heterocycles. The predicted octanol–water partition coefficient (Wildman–Crippen LogP) is 5.51. The minimum atomic E-state index is -4.44. The summed E-state index contributed by atoms with van der Waals surface area (Å²) in [7, 11) is 0. The lowest BCUT2D eigenvalue weighted by Crippen LogP contribution is -2.16. The van der Waals surface area contributed by atoms with Crippen molar-refractivity contribution in [1.29, 1.82) is 0 Å². The first-order valence-corrected chi connectivity index (χ1v) is 9.30. The average molecular weight is 409 g/mol. The predicted molar refractivity (Wildman–Crippen MR) is 109 cm³/mol. The molecule has 4 aromatic rings. The molecule has 1 amide bonds. The van der Waals surface area contributed by atoms with Crippen molar-refractivity contribution in [2.75, 3.05) is 5.32 Å². The fourth-order valence-electron chi connectivity index (χ4n) is 3.23. The summed E-state index contributed by atoms with van der Waals surface area (Å²) < 4.78 is 40.5. The molecular formula is C23H18F3N3O. The van der Waals surface area contributed by atoms with Gasteiger partial charge in [-0.25, -0.2) is 4.98 Å². The molecule has 0 spiro atoms. The Morgan fingerprint density at radius 3 is 2.67 bits per heavy atom. The molecule has 4 rings (SSSR count). The van der Waals surface area contributed by atoms with Crippen LogP contribution in [0.25, 0.3) is 16.9 Å². The van der Waals surface area contributed by atoms with E-state index in [-0.39, 0.29) is 12.3 Å². The van der Waals surface area contributed by atoms with Gasteiger partial charge in [-0.15, -0.1) is 0 Å². The second kappa shape index (κ2) is 7.67. The lowest BCUT2D eigenvalue weighted by Gasteiger charge is -2.11. The van der Waals surface area contributed by atoms with E-state index in [9.17, 15) is 18.0 Å². The minimum absolute atomic E-state index is 0.151. The summed E-state index contributed by atoms with van der Waals surface area (Å²) >= 11 is 0. The normalized spacial score (nSPS) is 11.6. The number of benzene rings is 2. The molecule has 0 radical (unpaired) electrons. The third-order valence-electron chi connectivity index (χ3n) is 4.79. The van der Waals surface area contributed by atoms with Crippen molar-refractivity contribution in [3.05, 3.63) is 89.7 Å². The van der Waals surface area contributed by atoms with Gasteiger partial charge in [-0.05, 0) is 42.3 Å². The van der Waals surface area contributed by atoms with E-state index >= 15 is 0 Å². The SMILES string of the molecule is Cc1ccc(-c2cn3ccccc3n2)cc1NC(=O)Cc1cccc(C(F)(F)F)c1. The van der Waals surface area contributed by atoms with Crippen LogP contribution < -0.4 is 5.32 Å². The van der Waals surface area contributed by atoms with Crippen LogP contribution in [0.1, 0.15) is 16.7 Å². The van der Waals surface area contributed by atoms with Crippen molar-refractivity contribution in [2.45, 2.75) is 19.5 Å². The third kappa shape index (κ3) is 4.20. The van der Waals surface area contributed by atoms with E-state index in [4.69, 9.17) is 0 Å². The molecule has 0 unspecified atom stereocenters. The number of carbonyl (C=O) groups excluding carboxylic acids is 1. The molecule has 2 heterocycles. The molecule has 0 aliphatic rings. The molecular weight excluding hydrogens is 391 g/mol. The number of nitrogens with zero attached hydrogens (tertiary/aromatic N) is 2. The minimum Gasteiger partial charge on any atom is -0.326 e. The first-order chi connectivity index (χ1) is 14.3. The summed E-state index contributed by atoms with van der Waals surface area (Å²) in [6.45, 7) is 1.85. The Hall–Kier alpha value is -3.61. The van der Waals surface area contributed by atoms with Gasteiger partial charge in [0.05, 0.1) is 17.7 Å². The maximum Gasteiger partial charge on any atom is 0.416 e. The maximum absolute atomic E-state index is 12.9. The van der Waals surface area contributed by atoms with E-state index in [1.54, 1.807) is 0 Å². The largest absolute Gasteiger partial charge is 0.416 e. The molecule has 2 aromatic carbocycles. The highest BCUT2D eigenvalue weighted by atomic mass is 19.4. The molecule has 0 aliphatic carbocycles. The standard InChI is InChI=1S/C23H18F3N3O/c1-15-8-9-17(20-14-29-10-3-2-7-21(29)27-20)13-19(15)28-22(30)12-16-5-4-6-18(11-16)23(24,25)26/h2-11,13-14H,12H2,1H3,(H,28,30). The van der Waals surface area contributed by atoms with E-state index in [0.29, 0.717) is 11.3 Å². The monoisotopic (exact) mass is 409 g/mol. The van der Waals surface area contributed by atoms with Gasteiger partial charge in [-0.1, -0.05) is 36.4 Å². The number of fused-ring (bicyclic) bond motifs is 1. The molecule has 4 nitrogen and oxygen atoms in total. The number of aryl methyl sites for hydroxylation is 1. The number of carbonyl (C=O) groups is 1. The van der Waals surface area contributed by atoms with Crippen molar-refractivity contribution < 1.29 is 18.0 Å². The lowest BCUT2D eigenvalue weighted by molar-refractivity contribution is -0.137.